The number of halogens is 1. The highest BCUT2D eigenvalue weighted by atomic mass is 35.5. The predicted octanol–water partition coefficient (Wildman–Crippen LogP) is 5.23. The first-order valence-corrected chi connectivity index (χ1v) is 10.9. The van der Waals surface area contributed by atoms with Crippen LogP contribution in [0.25, 0.3) is 17.1 Å². The molecule has 4 aromatic rings. The Balaban J connectivity index is 1.68. The van der Waals surface area contributed by atoms with Gasteiger partial charge in [0.05, 0.1) is 16.5 Å². The molecule has 2 aromatic heterocycles. The zero-order valence-corrected chi connectivity index (χ0v) is 18.8. The van der Waals surface area contributed by atoms with Crippen molar-refractivity contribution in [1.82, 2.24) is 19.9 Å². The molecule has 0 aliphatic carbocycles. The monoisotopic (exact) mass is 453 g/mol. The van der Waals surface area contributed by atoms with Crippen molar-refractivity contribution < 1.29 is 9.32 Å². The van der Waals surface area contributed by atoms with Crippen molar-refractivity contribution in [3.63, 3.8) is 0 Å². The van der Waals surface area contributed by atoms with Gasteiger partial charge in [0.1, 0.15) is 5.76 Å². The summed E-state index contributed by atoms with van der Waals surface area (Å²) in [5.74, 6) is 1.55. The maximum Gasteiger partial charge on any atom is 0.236 e. The van der Waals surface area contributed by atoms with Crippen LogP contribution in [0.3, 0.4) is 0 Å². The smallest absolute Gasteiger partial charge is 0.236 e. The fraction of sp³-hybridized carbons (Fsp3) is 0.182. The van der Waals surface area contributed by atoms with Gasteiger partial charge in [-0.3, -0.25) is 9.36 Å². The number of hydrogen-bond donors (Lipinski definition) is 1. The summed E-state index contributed by atoms with van der Waals surface area (Å²) >= 11 is 7.74. The lowest BCUT2D eigenvalue weighted by atomic mass is 10.1. The second-order valence-corrected chi connectivity index (χ2v) is 8.42. The van der Waals surface area contributed by atoms with E-state index in [0.717, 1.165) is 22.4 Å². The Morgan fingerprint density at radius 1 is 1.13 bits per heavy atom. The number of thioether (sulfide) groups is 1. The van der Waals surface area contributed by atoms with Gasteiger partial charge >= 0.3 is 0 Å². The van der Waals surface area contributed by atoms with E-state index < -0.39 is 0 Å². The Hall–Kier alpha value is -3.10. The number of aromatic nitrogens is 4. The Labute approximate surface area is 188 Å². The Morgan fingerprint density at radius 3 is 2.68 bits per heavy atom. The van der Waals surface area contributed by atoms with Crippen LogP contribution >= 0.6 is 23.4 Å². The highest BCUT2D eigenvalue weighted by Crippen LogP contribution is 2.33. The van der Waals surface area contributed by atoms with Crippen LogP contribution in [0.1, 0.15) is 16.9 Å². The standard InChI is InChI=1S/C22H20ClN5O2S/c1-13-8-9-14(2)18(10-13)28-21(16-6-4-5-7-17(16)23)25-26-22(28)31-12-20(29)24-19-11-15(3)30-27-19/h4-11H,12H2,1-3H3,(H,24,27,29). The Morgan fingerprint density at radius 2 is 1.94 bits per heavy atom. The molecule has 1 amide bonds. The molecule has 4 rings (SSSR count). The van der Waals surface area contributed by atoms with Crippen molar-refractivity contribution in [3.8, 4) is 17.1 Å². The third-order valence-electron chi connectivity index (χ3n) is 4.58. The van der Waals surface area contributed by atoms with Crippen LogP contribution in [0.4, 0.5) is 5.82 Å². The van der Waals surface area contributed by atoms with Gasteiger partial charge in [-0.1, -0.05) is 52.8 Å². The molecule has 31 heavy (non-hydrogen) atoms. The first-order chi connectivity index (χ1) is 14.9. The summed E-state index contributed by atoms with van der Waals surface area (Å²) in [6.45, 7) is 5.82. The molecular formula is C22H20ClN5O2S. The van der Waals surface area contributed by atoms with E-state index in [4.69, 9.17) is 16.1 Å². The van der Waals surface area contributed by atoms with Crippen LogP contribution in [0.2, 0.25) is 5.02 Å². The normalized spacial score (nSPS) is 11.0. The minimum atomic E-state index is -0.215. The van der Waals surface area contributed by atoms with E-state index in [0.29, 0.717) is 27.6 Å². The molecule has 0 fully saturated rings. The summed E-state index contributed by atoms with van der Waals surface area (Å²) in [7, 11) is 0. The average molecular weight is 454 g/mol. The minimum absolute atomic E-state index is 0.136. The van der Waals surface area contributed by atoms with Crippen molar-refractivity contribution in [2.75, 3.05) is 11.1 Å². The average Bonchev–Trinajstić information content (AvgIpc) is 3.34. The van der Waals surface area contributed by atoms with Crippen molar-refractivity contribution in [2.45, 2.75) is 25.9 Å². The van der Waals surface area contributed by atoms with Crippen LogP contribution in [0.5, 0.6) is 0 Å². The SMILES string of the molecule is Cc1ccc(C)c(-n2c(SCC(=O)Nc3cc(C)on3)nnc2-c2ccccc2Cl)c1. The minimum Gasteiger partial charge on any atom is -0.360 e. The van der Waals surface area contributed by atoms with Gasteiger partial charge in [-0.15, -0.1) is 10.2 Å². The first-order valence-electron chi connectivity index (χ1n) is 9.56. The number of nitrogens with one attached hydrogen (secondary N) is 1. The molecule has 0 atom stereocenters. The molecule has 0 saturated heterocycles. The molecule has 0 unspecified atom stereocenters. The fourth-order valence-corrected chi connectivity index (χ4v) is 4.06. The Bertz CT molecular complexity index is 1250. The third kappa shape index (κ3) is 4.65. The molecular weight excluding hydrogens is 434 g/mol. The molecule has 0 spiro atoms. The van der Waals surface area contributed by atoms with Crippen molar-refractivity contribution >= 4 is 35.1 Å². The van der Waals surface area contributed by atoms with Gasteiger partial charge in [0.2, 0.25) is 5.91 Å². The molecule has 0 bridgehead atoms. The van der Waals surface area contributed by atoms with Crippen LogP contribution in [0, 0.1) is 20.8 Å². The second kappa shape index (κ2) is 8.95. The summed E-state index contributed by atoms with van der Waals surface area (Å²) in [5, 5.41) is 16.5. The third-order valence-corrected chi connectivity index (χ3v) is 5.84. The van der Waals surface area contributed by atoms with Gasteiger partial charge in [0, 0.05) is 11.6 Å². The maximum absolute atomic E-state index is 12.4. The van der Waals surface area contributed by atoms with E-state index in [1.165, 1.54) is 11.8 Å². The zero-order valence-electron chi connectivity index (χ0n) is 17.2. The van der Waals surface area contributed by atoms with Crippen molar-refractivity contribution in [3.05, 3.63) is 70.4 Å². The van der Waals surface area contributed by atoms with Crippen LogP contribution in [0.15, 0.2) is 58.2 Å². The van der Waals surface area contributed by atoms with Crippen molar-refractivity contribution in [1.29, 1.82) is 0 Å². The van der Waals surface area contributed by atoms with Crippen LogP contribution < -0.4 is 5.32 Å². The number of anilines is 1. The molecule has 0 aliphatic heterocycles. The number of nitrogens with zero attached hydrogens (tertiary/aromatic N) is 4. The molecule has 7 nitrogen and oxygen atoms in total. The molecule has 158 valence electrons. The number of aryl methyl sites for hydroxylation is 3. The predicted molar refractivity (Wildman–Crippen MR) is 122 cm³/mol. The molecule has 0 radical (unpaired) electrons. The van der Waals surface area contributed by atoms with Gasteiger partial charge in [0.15, 0.2) is 16.8 Å². The van der Waals surface area contributed by atoms with Crippen LogP contribution in [-0.4, -0.2) is 31.6 Å². The molecule has 2 aromatic carbocycles. The lowest BCUT2D eigenvalue weighted by Gasteiger charge is -2.14. The quantitative estimate of drug-likeness (QED) is 0.402. The van der Waals surface area contributed by atoms with Gasteiger partial charge in [0.25, 0.3) is 0 Å². The van der Waals surface area contributed by atoms with Gasteiger partial charge < -0.3 is 9.84 Å². The topological polar surface area (TPSA) is 85.8 Å². The number of rotatable bonds is 6. The van der Waals surface area contributed by atoms with E-state index in [2.05, 4.69) is 38.9 Å². The van der Waals surface area contributed by atoms with Crippen molar-refractivity contribution in [2.24, 2.45) is 0 Å². The summed E-state index contributed by atoms with van der Waals surface area (Å²) in [4.78, 5) is 12.4. The summed E-state index contributed by atoms with van der Waals surface area (Å²) in [6.07, 6.45) is 0. The van der Waals surface area contributed by atoms with E-state index in [9.17, 15) is 4.79 Å². The van der Waals surface area contributed by atoms with Gasteiger partial charge in [-0.25, -0.2) is 0 Å². The lowest BCUT2D eigenvalue weighted by Crippen LogP contribution is -2.15. The van der Waals surface area contributed by atoms with Crippen LogP contribution in [-0.2, 0) is 4.79 Å². The highest BCUT2D eigenvalue weighted by Gasteiger charge is 2.20. The summed E-state index contributed by atoms with van der Waals surface area (Å²) in [5.41, 5.74) is 3.87. The molecule has 0 saturated carbocycles. The van der Waals surface area contributed by atoms with E-state index >= 15 is 0 Å². The molecule has 2 heterocycles. The number of carbonyl (C=O) groups excluding carboxylic acids is 1. The zero-order chi connectivity index (χ0) is 22.0. The number of amides is 1. The summed E-state index contributed by atoms with van der Waals surface area (Å²) in [6, 6.07) is 15.3. The lowest BCUT2D eigenvalue weighted by molar-refractivity contribution is -0.113. The van der Waals surface area contributed by atoms with E-state index in [1.807, 2.05) is 42.7 Å². The fourth-order valence-electron chi connectivity index (χ4n) is 3.09. The number of carbonyl (C=O) groups is 1. The number of benzene rings is 2. The molecule has 1 N–H and O–H groups in total. The van der Waals surface area contributed by atoms with E-state index in [1.54, 1.807) is 13.0 Å². The number of hydrogen-bond acceptors (Lipinski definition) is 6. The molecule has 9 heteroatoms. The second-order valence-electron chi connectivity index (χ2n) is 7.07. The maximum atomic E-state index is 12.4. The molecule has 0 aliphatic rings. The first kappa shape index (κ1) is 21.1. The highest BCUT2D eigenvalue weighted by molar-refractivity contribution is 7.99. The van der Waals surface area contributed by atoms with Gasteiger partial charge in [-0.05, 0) is 50.1 Å². The summed E-state index contributed by atoms with van der Waals surface area (Å²) < 4.78 is 6.93. The van der Waals surface area contributed by atoms with Gasteiger partial charge in [-0.2, -0.15) is 0 Å². The Kier molecular flexibility index (Phi) is 6.11. The van der Waals surface area contributed by atoms with E-state index in [-0.39, 0.29) is 11.7 Å². The largest absolute Gasteiger partial charge is 0.360 e.